The molecule has 0 aliphatic rings. The molecular weight excluding hydrogens is 308 g/mol. The van der Waals surface area contributed by atoms with E-state index >= 15 is 0 Å². The fraction of sp³-hybridized carbons (Fsp3) is 0.263. The van der Waals surface area contributed by atoms with Crippen molar-refractivity contribution in [3.8, 4) is 0 Å². The van der Waals surface area contributed by atoms with Crippen LogP contribution in [0.25, 0.3) is 11.0 Å². The molecular formula is C19H18O5. The van der Waals surface area contributed by atoms with Crippen molar-refractivity contribution in [2.45, 2.75) is 33.3 Å². The highest BCUT2D eigenvalue weighted by Gasteiger charge is 2.14. The summed E-state index contributed by atoms with van der Waals surface area (Å²) in [4.78, 5) is 23.7. The Hall–Kier alpha value is -2.82. The lowest BCUT2D eigenvalue weighted by Crippen LogP contribution is -2.08. The van der Waals surface area contributed by atoms with Crippen LogP contribution >= 0.6 is 0 Å². The quantitative estimate of drug-likeness (QED) is 0.531. The lowest BCUT2D eigenvalue weighted by molar-refractivity contribution is 0.0437. The Morgan fingerprint density at radius 2 is 2.04 bits per heavy atom. The van der Waals surface area contributed by atoms with E-state index in [-0.39, 0.29) is 12.4 Å². The summed E-state index contributed by atoms with van der Waals surface area (Å²) in [6, 6.07) is 8.34. The van der Waals surface area contributed by atoms with Gasteiger partial charge in [0, 0.05) is 17.0 Å². The number of ether oxygens (including phenoxy) is 1. The minimum atomic E-state index is -0.572. The molecule has 1 aromatic carbocycles. The van der Waals surface area contributed by atoms with Crippen LogP contribution in [-0.4, -0.2) is 5.97 Å². The van der Waals surface area contributed by atoms with E-state index in [1.54, 1.807) is 6.07 Å². The minimum absolute atomic E-state index is 0.0256. The van der Waals surface area contributed by atoms with Crippen molar-refractivity contribution in [1.82, 2.24) is 0 Å². The maximum atomic E-state index is 11.9. The van der Waals surface area contributed by atoms with Crippen LogP contribution in [0.1, 0.15) is 47.0 Å². The zero-order chi connectivity index (χ0) is 17.3. The molecule has 5 heteroatoms. The first-order valence-corrected chi connectivity index (χ1v) is 7.73. The second kappa shape index (κ2) is 6.35. The molecule has 0 aliphatic heterocycles. The average Bonchev–Trinajstić information content (AvgIpc) is 3.05. The largest absolute Gasteiger partial charge is 0.457 e. The Morgan fingerprint density at radius 3 is 2.71 bits per heavy atom. The first kappa shape index (κ1) is 16.1. The number of furan rings is 1. The van der Waals surface area contributed by atoms with E-state index in [1.165, 1.54) is 18.4 Å². The van der Waals surface area contributed by atoms with Gasteiger partial charge in [-0.15, -0.1) is 0 Å². The number of carbonyl (C=O) groups excluding carboxylic acids is 1. The van der Waals surface area contributed by atoms with Gasteiger partial charge in [0.1, 0.15) is 12.2 Å². The van der Waals surface area contributed by atoms with E-state index in [0.29, 0.717) is 17.1 Å². The third-order valence-corrected chi connectivity index (χ3v) is 3.92. The molecule has 0 unspecified atom stereocenters. The molecule has 0 atom stereocenters. The van der Waals surface area contributed by atoms with E-state index in [1.807, 2.05) is 19.1 Å². The highest BCUT2D eigenvalue weighted by Crippen LogP contribution is 2.27. The van der Waals surface area contributed by atoms with Gasteiger partial charge in [-0.2, -0.15) is 0 Å². The minimum Gasteiger partial charge on any atom is -0.457 e. The highest BCUT2D eigenvalue weighted by molar-refractivity contribution is 5.87. The first-order valence-electron chi connectivity index (χ1n) is 7.73. The number of fused-ring (bicyclic) bond motifs is 1. The summed E-state index contributed by atoms with van der Waals surface area (Å²) in [6.07, 6.45) is 1.40. The average molecular weight is 326 g/mol. The van der Waals surface area contributed by atoms with Gasteiger partial charge in [0.25, 0.3) is 0 Å². The van der Waals surface area contributed by atoms with Crippen LogP contribution in [0.3, 0.4) is 0 Å². The second-order valence-electron chi connectivity index (χ2n) is 6.00. The Labute approximate surface area is 138 Å². The van der Waals surface area contributed by atoms with Gasteiger partial charge in [-0.05, 0) is 48.2 Å². The van der Waals surface area contributed by atoms with Crippen LogP contribution in [0, 0.1) is 6.92 Å². The normalized spacial score (nSPS) is 11.2. The number of aryl methyl sites for hydroxylation is 1. The number of rotatable bonds is 4. The van der Waals surface area contributed by atoms with Gasteiger partial charge < -0.3 is 13.6 Å². The Bertz CT molecular complexity index is 932. The Morgan fingerprint density at radius 1 is 1.25 bits per heavy atom. The van der Waals surface area contributed by atoms with E-state index in [4.69, 9.17) is 13.6 Å². The Kier molecular flexibility index (Phi) is 4.25. The number of hydrogen-bond donors (Lipinski definition) is 0. The summed E-state index contributed by atoms with van der Waals surface area (Å²) < 4.78 is 15.5. The number of carbonyl (C=O) groups is 1. The zero-order valence-corrected chi connectivity index (χ0v) is 13.8. The maximum absolute atomic E-state index is 11.9. The van der Waals surface area contributed by atoms with Crippen LogP contribution in [0.2, 0.25) is 0 Å². The molecule has 0 aliphatic carbocycles. The van der Waals surface area contributed by atoms with Gasteiger partial charge in [0.15, 0.2) is 0 Å². The molecule has 0 N–H and O–H groups in total. The third-order valence-electron chi connectivity index (χ3n) is 3.92. The molecule has 0 fully saturated rings. The maximum Gasteiger partial charge on any atom is 0.374 e. The van der Waals surface area contributed by atoms with Gasteiger partial charge in [-0.25, -0.2) is 9.59 Å². The van der Waals surface area contributed by atoms with Crippen molar-refractivity contribution in [3.63, 3.8) is 0 Å². The van der Waals surface area contributed by atoms with Crippen molar-refractivity contribution in [2.24, 2.45) is 0 Å². The van der Waals surface area contributed by atoms with Crippen LogP contribution in [0.5, 0.6) is 0 Å². The van der Waals surface area contributed by atoms with Gasteiger partial charge in [-0.3, -0.25) is 0 Å². The van der Waals surface area contributed by atoms with Gasteiger partial charge in [0.2, 0.25) is 5.76 Å². The van der Waals surface area contributed by atoms with Crippen molar-refractivity contribution in [2.75, 3.05) is 0 Å². The Balaban J connectivity index is 1.98. The molecule has 2 heterocycles. The monoisotopic (exact) mass is 326 g/mol. The molecule has 24 heavy (non-hydrogen) atoms. The van der Waals surface area contributed by atoms with Crippen LogP contribution < -0.4 is 5.63 Å². The molecule has 0 bridgehead atoms. The van der Waals surface area contributed by atoms with E-state index < -0.39 is 11.6 Å². The molecule has 0 amide bonds. The van der Waals surface area contributed by atoms with Crippen LogP contribution in [-0.2, 0) is 11.3 Å². The summed E-state index contributed by atoms with van der Waals surface area (Å²) in [5, 5.41) is 0.774. The van der Waals surface area contributed by atoms with Crippen molar-refractivity contribution >= 4 is 16.9 Å². The van der Waals surface area contributed by atoms with Gasteiger partial charge in [0.05, 0.1) is 6.26 Å². The molecule has 3 aromatic rings. The number of hydrogen-bond acceptors (Lipinski definition) is 5. The predicted octanol–water partition coefficient (Wildman–Crippen LogP) is 4.17. The van der Waals surface area contributed by atoms with Crippen LogP contribution in [0.4, 0.5) is 0 Å². The lowest BCUT2D eigenvalue weighted by atomic mass is 9.95. The summed E-state index contributed by atoms with van der Waals surface area (Å²) >= 11 is 0. The lowest BCUT2D eigenvalue weighted by Gasteiger charge is -2.13. The molecule has 2 aromatic heterocycles. The first-order chi connectivity index (χ1) is 11.5. The van der Waals surface area contributed by atoms with E-state index in [0.717, 1.165) is 16.5 Å². The summed E-state index contributed by atoms with van der Waals surface area (Å²) in [5.74, 6) is -0.113. The topological polar surface area (TPSA) is 69.7 Å². The molecule has 0 saturated heterocycles. The number of benzene rings is 1. The molecule has 0 spiro atoms. The van der Waals surface area contributed by atoms with Crippen molar-refractivity contribution in [3.05, 3.63) is 69.5 Å². The molecule has 5 nitrogen and oxygen atoms in total. The molecule has 0 saturated carbocycles. The SMILES string of the molecule is Cc1cc2oc(=O)cc(COC(=O)c3ccco3)c2cc1C(C)C. The summed E-state index contributed by atoms with van der Waals surface area (Å²) in [6.45, 7) is 6.16. The van der Waals surface area contributed by atoms with Crippen molar-refractivity contribution < 1.29 is 18.4 Å². The molecule has 0 radical (unpaired) electrons. The highest BCUT2D eigenvalue weighted by atomic mass is 16.5. The second-order valence-corrected chi connectivity index (χ2v) is 6.00. The summed E-state index contributed by atoms with van der Waals surface area (Å²) in [7, 11) is 0. The van der Waals surface area contributed by atoms with E-state index in [9.17, 15) is 9.59 Å². The molecule has 124 valence electrons. The number of esters is 1. The van der Waals surface area contributed by atoms with Gasteiger partial charge in [-0.1, -0.05) is 13.8 Å². The summed E-state index contributed by atoms with van der Waals surface area (Å²) in [5.41, 5.74) is 2.86. The predicted molar refractivity (Wildman–Crippen MR) is 89.1 cm³/mol. The fourth-order valence-electron chi connectivity index (χ4n) is 2.74. The molecule has 3 rings (SSSR count). The standard InChI is InChI=1S/C19H18O5/c1-11(2)14-9-15-13(8-18(20)24-17(15)7-12(14)3)10-23-19(21)16-5-4-6-22-16/h4-9,11H,10H2,1-3H3. The van der Waals surface area contributed by atoms with Crippen molar-refractivity contribution in [1.29, 1.82) is 0 Å². The zero-order valence-electron chi connectivity index (χ0n) is 13.8. The third kappa shape index (κ3) is 3.11. The smallest absolute Gasteiger partial charge is 0.374 e. The van der Waals surface area contributed by atoms with Gasteiger partial charge >= 0.3 is 11.6 Å². The van der Waals surface area contributed by atoms with E-state index in [2.05, 4.69) is 13.8 Å². The fourth-order valence-corrected chi connectivity index (χ4v) is 2.74. The van der Waals surface area contributed by atoms with Crippen LogP contribution in [0.15, 0.2) is 50.2 Å².